The van der Waals surface area contributed by atoms with Crippen molar-refractivity contribution in [2.24, 2.45) is 11.1 Å². The fraction of sp³-hybridized carbons (Fsp3) is 0.588. The Kier molecular flexibility index (Phi) is 4.36. The molecule has 116 valence electrons. The van der Waals surface area contributed by atoms with E-state index in [1.54, 1.807) is 0 Å². The Labute approximate surface area is 133 Å². The maximum absolute atomic E-state index is 13.0. The molecular formula is C17H25ClN2O. The van der Waals surface area contributed by atoms with Crippen LogP contribution in [0.1, 0.15) is 37.3 Å². The fourth-order valence-corrected chi connectivity index (χ4v) is 3.50. The van der Waals surface area contributed by atoms with E-state index in [-0.39, 0.29) is 23.2 Å². The summed E-state index contributed by atoms with van der Waals surface area (Å²) in [7, 11) is 0. The zero-order chi connectivity index (χ0) is 14.4. The Morgan fingerprint density at radius 2 is 1.95 bits per heavy atom. The van der Waals surface area contributed by atoms with E-state index in [1.165, 1.54) is 11.1 Å². The maximum atomic E-state index is 13.0. The number of nitrogens with zero attached hydrogens (tertiary/aromatic N) is 1. The van der Waals surface area contributed by atoms with Crippen LogP contribution in [-0.2, 0) is 10.2 Å². The topological polar surface area (TPSA) is 46.3 Å². The van der Waals surface area contributed by atoms with Crippen molar-refractivity contribution in [3.8, 4) is 0 Å². The molecule has 4 heteroatoms. The number of hydrogen-bond acceptors (Lipinski definition) is 2. The predicted molar refractivity (Wildman–Crippen MR) is 87.7 cm³/mol. The zero-order valence-corrected chi connectivity index (χ0v) is 13.7. The van der Waals surface area contributed by atoms with E-state index in [0.717, 1.165) is 32.4 Å². The number of aryl methyl sites for hydroxylation is 1. The van der Waals surface area contributed by atoms with Gasteiger partial charge in [-0.1, -0.05) is 31.2 Å². The highest BCUT2D eigenvalue weighted by Gasteiger charge is 2.54. The Morgan fingerprint density at radius 3 is 2.48 bits per heavy atom. The highest BCUT2D eigenvalue weighted by molar-refractivity contribution is 5.92. The van der Waals surface area contributed by atoms with Crippen LogP contribution in [0.4, 0.5) is 0 Å². The van der Waals surface area contributed by atoms with Crippen LogP contribution in [0.3, 0.4) is 0 Å². The molecular weight excluding hydrogens is 284 g/mol. The van der Waals surface area contributed by atoms with Gasteiger partial charge in [0.2, 0.25) is 5.91 Å². The summed E-state index contributed by atoms with van der Waals surface area (Å²) in [6.07, 6.45) is 3.01. The van der Waals surface area contributed by atoms with E-state index in [9.17, 15) is 4.79 Å². The lowest BCUT2D eigenvalue weighted by molar-refractivity contribution is -0.133. The molecule has 3 nitrogen and oxygen atoms in total. The summed E-state index contributed by atoms with van der Waals surface area (Å²) in [4.78, 5) is 15.0. The minimum atomic E-state index is -0.231. The maximum Gasteiger partial charge on any atom is 0.233 e. The van der Waals surface area contributed by atoms with Gasteiger partial charge in [0.1, 0.15) is 0 Å². The average Bonchev–Trinajstić information content (AvgIpc) is 3.16. The third-order valence-corrected chi connectivity index (χ3v) is 5.16. The van der Waals surface area contributed by atoms with Gasteiger partial charge in [0.15, 0.2) is 0 Å². The molecule has 3 rings (SSSR count). The molecule has 2 fully saturated rings. The molecule has 21 heavy (non-hydrogen) atoms. The molecule has 1 amide bonds. The summed E-state index contributed by atoms with van der Waals surface area (Å²) < 4.78 is 0. The lowest BCUT2D eigenvalue weighted by Gasteiger charge is -2.27. The Hall–Kier alpha value is -1.06. The molecule has 0 spiro atoms. The third-order valence-electron chi connectivity index (χ3n) is 5.16. The van der Waals surface area contributed by atoms with Crippen LogP contribution in [0.25, 0.3) is 0 Å². The molecule has 1 aromatic rings. The number of carbonyl (C=O) groups excluding carboxylic acids is 1. The molecule has 2 aliphatic rings. The van der Waals surface area contributed by atoms with E-state index in [1.807, 2.05) is 17.0 Å². The summed E-state index contributed by atoms with van der Waals surface area (Å²) >= 11 is 0. The van der Waals surface area contributed by atoms with Crippen molar-refractivity contribution in [1.82, 2.24) is 4.90 Å². The van der Waals surface area contributed by atoms with Crippen LogP contribution in [0.15, 0.2) is 24.3 Å². The van der Waals surface area contributed by atoms with E-state index >= 15 is 0 Å². The smallest absolute Gasteiger partial charge is 0.233 e. The first-order chi connectivity index (χ1) is 9.51. The van der Waals surface area contributed by atoms with Crippen molar-refractivity contribution in [2.45, 2.75) is 38.5 Å². The van der Waals surface area contributed by atoms with Crippen LogP contribution >= 0.6 is 12.4 Å². The minimum absolute atomic E-state index is 0. The zero-order valence-electron chi connectivity index (χ0n) is 12.9. The van der Waals surface area contributed by atoms with Crippen LogP contribution in [0, 0.1) is 12.3 Å². The summed E-state index contributed by atoms with van der Waals surface area (Å²) in [6.45, 7) is 6.63. The Balaban J connectivity index is 0.00000161. The monoisotopic (exact) mass is 308 g/mol. The van der Waals surface area contributed by atoms with Gasteiger partial charge in [-0.3, -0.25) is 4.79 Å². The molecule has 1 atom stereocenters. The summed E-state index contributed by atoms with van der Waals surface area (Å²) in [5, 5.41) is 0. The lowest BCUT2D eigenvalue weighted by Crippen LogP contribution is -2.40. The van der Waals surface area contributed by atoms with Crippen molar-refractivity contribution >= 4 is 18.3 Å². The first kappa shape index (κ1) is 16.3. The van der Waals surface area contributed by atoms with Crippen molar-refractivity contribution in [3.05, 3.63) is 35.4 Å². The van der Waals surface area contributed by atoms with Gasteiger partial charge >= 0.3 is 0 Å². The molecule has 0 bridgehead atoms. The second-order valence-corrected chi connectivity index (χ2v) is 6.89. The van der Waals surface area contributed by atoms with E-state index in [4.69, 9.17) is 5.73 Å². The third kappa shape index (κ3) is 2.69. The molecule has 1 saturated heterocycles. The van der Waals surface area contributed by atoms with E-state index < -0.39 is 0 Å². The summed E-state index contributed by atoms with van der Waals surface area (Å²) in [5.41, 5.74) is 8.19. The molecule has 1 heterocycles. The number of rotatable bonds is 3. The molecule has 2 N–H and O–H groups in total. The molecule has 1 aromatic carbocycles. The second kappa shape index (κ2) is 5.62. The van der Waals surface area contributed by atoms with Crippen molar-refractivity contribution in [2.75, 3.05) is 19.6 Å². The average molecular weight is 309 g/mol. The standard InChI is InChI=1S/C17H24N2O.ClH/c1-13-5-3-4-6-14(13)17(7-8-17)15(20)19-10-9-16(2,11-18)12-19;/h3-6H,7-12,18H2,1-2H3;1H. The van der Waals surface area contributed by atoms with Gasteiger partial charge in [-0.2, -0.15) is 0 Å². The van der Waals surface area contributed by atoms with Crippen LogP contribution < -0.4 is 5.73 Å². The number of amides is 1. The number of hydrogen-bond donors (Lipinski definition) is 1. The number of carbonyl (C=O) groups is 1. The molecule has 0 radical (unpaired) electrons. The van der Waals surface area contributed by atoms with Gasteiger partial charge in [0.05, 0.1) is 5.41 Å². The first-order valence-corrected chi connectivity index (χ1v) is 7.56. The molecule has 1 saturated carbocycles. The van der Waals surface area contributed by atoms with Gasteiger partial charge < -0.3 is 10.6 Å². The van der Waals surface area contributed by atoms with Crippen LogP contribution in [-0.4, -0.2) is 30.4 Å². The van der Waals surface area contributed by atoms with E-state index in [2.05, 4.69) is 26.0 Å². The van der Waals surface area contributed by atoms with Crippen molar-refractivity contribution in [3.63, 3.8) is 0 Å². The fourth-order valence-electron chi connectivity index (χ4n) is 3.50. The van der Waals surface area contributed by atoms with Gasteiger partial charge in [0, 0.05) is 13.1 Å². The summed E-state index contributed by atoms with van der Waals surface area (Å²) in [5.74, 6) is 0.323. The van der Waals surface area contributed by atoms with Gasteiger partial charge in [0.25, 0.3) is 0 Å². The first-order valence-electron chi connectivity index (χ1n) is 7.56. The molecule has 1 unspecified atom stereocenters. The number of likely N-dealkylation sites (tertiary alicyclic amines) is 1. The second-order valence-electron chi connectivity index (χ2n) is 6.89. The quantitative estimate of drug-likeness (QED) is 0.933. The highest BCUT2D eigenvalue weighted by atomic mass is 35.5. The van der Waals surface area contributed by atoms with Crippen molar-refractivity contribution < 1.29 is 4.79 Å². The van der Waals surface area contributed by atoms with Gasteiger partial charge in [-0.05, 0) is 49.3 Å². The summed E-state index contributed by atoms with van der Waals surface area (Å²) in [6, 6.07) is 8.32. The van der Waals surface area contributed by atoms with Gasteiger partial charge in [-0.15, -0.1) is 12.4 Å². The molecule has 1 aliphatic carbocycles. The predicted octanol–water partition coefficient (Wildman–Crippen LogP) is 2.65. The Morgan fingerprint density at radius 1 is 1.29 bits per heavy atom. The number of nitrogens with two attached hydrogens (primary N) is 1. The van der Waals surface area contributed by atoms with Gasteiger partial charge in [-0.25, -0.2) is 0 Å². The van der Waals surface area contributed by atoms with Crippen LogP contribution in [0.2, 0.25) is 0 Å². The van der Waals surface area contributed by atoms with E-state index in [0.29, 0.717) is 12.5 Å². The van der Waals surface area contributed by atoms with Crippen molar-refractivity contribution in [1.29, 1.82) is 0 Å². The molecule has 0 aromatic heterocycles. The largest absolute Gasteiger partial charge is 0.341 e. The van der Waals surface area contributed by atoms with Crippen LogP contribution in [0.5, 0.6) is 0 Å². The SMILES string of the molecule is Cc1ccccc1C1(C(=O)N2CCC(C)(CN)C2)CC1.Cl. The lowest BCUT2D eigenvalue weighted by atomic mass is 9.89. The molecule has 1 aliphatic heterocycles. The minimum Gasteiger partial charge on any atom is -0.341 e. The normalized spacial score (nSPS) is 26.3. The number of halogens is 1. The number of benzene rings is 1. The highest BCUT2D eigenvalue weighted by Crippen LogP contribution is 2.51. The Bertz CT molecular complexity index is 541.